The van der Waals surface area contributed by atoms with Crippen molar-refractivity contribution < 1.29 is 4.74 Å². The molecule has 0 bridgehead atoms. The Bertz CT molecular complexity index is 331. The number of hydrogen-bond acceptors (Lipinski definition) is 2. The molecule has 0 N–H and O–H groups in total. The van der Waals surface area contributed by atoms with E-state index in [-0.39, 0.29) is 0 Å². The van der Waals surface area contributed by atoms with Gasteiger partial charge in [0.15, 0.2) is 0 Å². The number of aromatic nitrogens is 1. The van der Waals surface area contributed by atoms with Crippen LogP contribution in [-0.4, -0.2) is 17.3 Å². The van der Waals surface area contributed by atoms with Gasteiger partial charge in [-0.1, -0.05) is 0 Å². The van der Waals surface area contributed by atoms with E-state index in [2.05, 4.69) is 6.07 Å². The zero-order chi connectivity index (χ0) is 9.80. The van der Waals surface area contributed by atoms with E-state index in [0.717, 1.165) is 25.3 Å². The Morgan fingerprint density at radius 2 is 2.50 bits per heavy atom. The highest BCUT2D eigenvalue weighted by Crippen LogP contribution is 2.15. The van der Waals surface area contributed by atoms with E-state index in [1.165, 1.54) is 12.8 Å². The van der Waals surface area contributed by atoms with Crippen LogP contribution in [0.5, 0.6) is 0 Å². The lowest BCUT2D eigenvalue weighted by Crippen LogP contribution is -2.24. The molecule has 1 unspecified atom stereocenters. The highest BCUT2D eigenvalue weighted by Gasteiger charge is 2.14. The summed E-state index contributed by atoms with van der Waals surface area (Å²) in [5.41, 5.74) is 0.721. The zero-order valence-corrected chi connectivity index (χ0v) is 8.15. The summed E-state index contributed by atoms with van der Waals surface area (Å²) in [5.74, 6) is 0. The number of hydrogen-bond donors (Lipinski definition) is 0. The minimum Gasteiger partial charge on any atom is -0.376 e. The molecule has 1 atom stereocenters. The predicted octanol–water partition coefficient (Wildman–Crippen LogP) is 1.93. The van der Waals surface area contributed by atoms with Crippen LogP contribution < -0.4 is 0 Å². The second kappa shape index (κ2) is 4.30. The topological polar surface area (TPSA) is 38.0 Å². The summed E-state index contributed by atoms with van der Waals surface area (Å²) in [5, 5.41) is 8.83. The second-order valence-electron chi connectivity index (χ2n) is 3.65. The first-order valence-corrected chi connectivity index (χ1v) is 5.07. The van der Waals surface area contributed by atoms with Gasteiger partial charge in [0.1, 0.15) is 11.8 Å². The van der Waals surface area contributed by atoms with E-state index < -0.39 is 0 Å². The van der Waals surface area contributed by atoms with Gasteiger partial charge in [0.2, 0.25) is 0 Å². The Hall–Kier alpha value is -1.27. The third kappa shape index (κ3) is 1.97. The summed E-state index contributed by atoms with van der Waals surface area (Å²) >= 11 is 0. The van der Waals surface area contributed by atoms with Crippen LogP contribution in [0.25, 0.3) is 0 Å². The molecule has 1 aliphatic heterocycles. The molecule has 0 aliphatic carbocycles. The van der Waals surface area contributed by atoms with Crippen LogP contribution in [0.2, 0.25) is 0 Å². The van der Waals surface area contributed by atoms with E-state index >= 15 is 0 Å². The first kappa shape index (κ1) is 9.29. The van der Waals surface area contributed by atoms with Crippen LogP contribution in [0.4, 0.5) is 0 Å². The third-order valence-electron chi connectivity index (χ3n) is 2.62. The van der Waals surface area contributed by atoms with E-state index in [4.69, 9.17) is 10.00 Å². The third-order valence-corrected chi connectivity index (χ3v) is 2.62. The zero-order valence-electron chi connectivity index (χ0n) is 8.15. The monoisotopic (exact) mass is 190 g/mol. The van der Waals surface area contributed by atoms with Gasteiger partial charge in [0.05, 0.1) is 6.10 Å². The van der Waals surface area contributed by atoms with Crippen molar-refractivity contribution in [2.75, 3.05) is 6.61 Å². The fourth-order valence-electron chi connectivity index (χ4n) is 1.85. The van der Waals surface area contributed by atoms with Crippen molar-refractivity contribution in [2.24, 2.45) is 0 Å². The van der Waals surface area contributed by atoms with Crippen molar-refractivity contribution in [3.63, 3.8) is 0 Å². The van der Waals surface area contributed by atoms with Gasteiger partial charge in [-0.25, -0.2) is 0 Å². The Kier molecular flexibility index (Phi) is 2.85. The van der Waals surface area contributed by atoms with Gasteiger partial charge in [0.25, 0.3) is 0 Å². The normalized spacial score (nSPS) is 21.8. The SMILES string of the molecule is N#Cc1cccn1CC1CCCCO1. The minimum atomic E-state index is 0.295. The minimum absolute atomic E-state index is 0.295. The maximum atomic E-state index is 8.83. The van der Waals surface area contributed by atoms with Crippen molar-refractivity contribution in [1.82, 2.24) is 4.57 Å². The standard InChI is InChI=1S/C11H14N2O/c12-8-10-4-3-6-13(10)9-11-5-1-2-7-14-11/h3-4,6,11H,1-2,5,7,9H2. The van der Waals surface area contributed by atoms with E-state index in [1.54, 1.807) is 0 Å². The fraction of sp³-hybridized carbons (Fsp3) is 0.545. The molecule has 3 nitrogen and oxygen atoms in total. The molecule has 1 saturated heterocycles. The second-order valence-corrected chi connectivity index (χ2v) is 3.65. The Morgan fingerprint density at radius 3 is 3.21 bits per heavy atom. The molecular weight excluding hydrogens is 176 g/mol. The van der Waals surface area contributed by atoms with E-state index in [1.807, 2.05) is 22.9 Å². The molecule has 2 heterocycles. The Balaban J connectivity index is 1.99. The van der Waals surface area contributed by atoms with Crippen LogP contribution in [0.1, 0.15) is 25.0 Å². The largest absolute Gasteiger partial charge is 0.376 e. The highest BCUT2D eigenvalue weighted by atomic mass is 16.5. The summed E-state index contributed by atoms with van der Waals surface area (Å²) in [6.07, 6.45) is 5.77. The lowest BCUT2D eigenvalue weighted by Gasteiger charge is -2.23. The summed E-state index contributed by atoms with van der Waals surface area (Å²) in [6.45, 7) is 1.68. The van der Waals surface area contributed by atoms with Crippen LogP contribution in [0, 0.1) is 11.3 Å². The lowest BCUT2D eigenvalue weighted by atomic mass is 10.1. The molecule has 1 fully saturated rings. The molecule has 0 amide bonds. The van der Waals surface area contributed by atoms with Crippen LogP contribution in [-0.2, 0) is 11.3 Å². The first-order valence-electron chi connectivity index (χ1n) is 5.07. The van der Waals surface area contributed by atoms with Gasteiger partial charge in [-0.05, 0) is 31.4 Å². The molecule has 14 heavy (non-hydrogen) atoms. The summed E-state index contributed by atoms with van der Waals surface area (Å²) in [4.78, 5) is 0. The molecule has 0 saturated carbocycles. The summed E-state index contributed by atoms with van der Waals surface area (Å²) < 4.78 is 7.59. The molecule has 0 spiro atoms. The van der Waals surface area contributed by atoms with E-state index in [9.17, 15) is 0 Å². The van der Waals surface area contributed by atoms with Crippen LogP contribution >= 0.6 is 0 Å². The number of rotatable bonds is 2. The van der Waals surface area contributed by atoms with Gasteiger partial charge in [-0.3, -0.25) is 0 Å². The molecule has 2 rings (SSSR count). The van der Waals surface area contributed by atoms with Crippen LogP contribution in [0.15, 0.2) is 18.3 Å². The summed E-state index contributed by atoms with van der Waals surface area (Å²) in [6, 6.07) is 5.91. The lowest BCUT2D eigenvalue weighted by molar-refractivity contribution is 0.00593. The molecule has 1 aromatic heterocycles. The van der Waals surface area contributed by atoms with Crippen molar-refractivity contribution in [3.05, 3.63) is 24.0 Å². The average Bonchev–Trinajstić information content (AvgIpc) is 2.67. The van der Waals surface area contributed by atoms with Gasteiger partial charge in [-0.2, -0.15) is 5.26 Å². The molecule has 1 aliphatic rings. The Labute approximate surface area is 83.9 Å². The van der Waals surface area contributed by atoms with E-state index in [0.29, 0.717) is 6.10 Å². The molecule has 74 valence electrons. The maximum absolute atomic E-state index is 8.83. The maximum Gasteiger partial charge on any atom is 0.120 e. The van der Waals surface area contributed by atoms with Crippen molar-refractivity contribution in [2.45, 2.75) is 31.9 Å². The first-order chi connectivity index (χ1) is 6.90. The Morgan fingerprint density at radius 1 is 1.57 bits per heavy atom. The van der Waals surface area contributed by atoms with Crippen molar-refractivity contribution in [1.29, 1.82) is 5.26 Å². The predicted molar refractivity (Wildman–Crippen MR) is 52.7 cm³/mol. The van der Waals surface area contributed by atoms with Crippen LogP contribution in [0.3, 0.4) is 0 Å². The quantitative estimate of drug-likeness (QED) is 0.714. The molecule has 0 radical (unpaired) electrons. The van der Waals surface area contributed by atoms with Gasteiger partial charge in [0, 0.05) is 19.3 Å². The van der Waals surface area contributed by atoms with Crippen molar-refractivity contribution >= 4 is 0 Å². The number of nitriles is 1. The smallest absolute Gasteiger partial charge is 0.120 e. The van der Waals surface area contributed by atoms with Gasteiger partial charge in [-0.15, -0.1) is 0 Å². The molecule has 0 aromatic carbocycles. The molecular formula is C11H14N2O. The van der Waals surface area contributed by atoms with Gasteiger partial charge < -0.3 is 9.30 Å². The average molecular weight is 190 g/mol. The molecule has 3 heteroatoms. The fourth-order valence-corrected chi connectivity index (χ4v) is 1.85. The number of nitrogens with zero attached hydrogens (tertiary/aromatic N) is 2. The van der Waals surface area contributed by atoms with Crippen molar-refractivity contribution in [3.8, 4) is 6.07 Å². The summed E-state index contributed by atoms with van der Waals surface area (Å²) in [7, 11) is 0. The number of ether oxygens (including phenoxy) is 1. The molecule has 1 aromatic rings. The highest BCUT2D eigenvalue weighted by molar-refractivity contribution is 5.21. The van der Waals surface area contributed by atoms with Gasteiger partial charge >= 0.3 is 0 Å².